The highest BCUT2D eigenvalue weighted by Crippen LogP contribution is 2.27. The lowest BCUT2D eigenvalue weighted by molar-refractivity contribution is 0.393. The number of anilines is 2. The Labute approximate surface area is 172 Å². The number of aromatic nitrogens is 2. The second kappa shape index (κ2) is 9.28. The van der Waals surface area contributed by atoms with E-state index in [1.807, 2.05) is 43.3 Å². The van der Waals surface area contributed by atoms with E-state index in [0.29, 0.717) is 11.8 Å². The van der Waals surface area contributed by atoms with Crippen LogP contribution in [-0.4, -0.2) is 30.7 Å². The Balaban J connectivity index is 1.91. The topological polar surface area (TPSA) is 73.5 Å². The Morgan fingerprint density at radius 2 is 1.62 bits per heavy atom. The molecule has 1 heterocycles. The molecule has 3 aromatic rings. The highest BCUT2D eigenvalue weighted by Gasteiger charge is 2.20. The Hall–Kier alpha value is -3.28. The summed E-state index contributed by atoms with van der Waals surface area (Å²) in [5.41, 5.74) is 9.17. The third kappa shape index (κ3) is 5.16. The number of methoxy groups -OCH3 is 2. The van der Waals surface area contributed by atoms with E-state index in [1.54, 1.807) is 20.3 Å². The molecule has 2 aromatic carbocycles. The van der Waals surface area contributed by atoms with Crippen molar-refractivity contribution in [1.82, 2.24) is 9.97 Å². The molecule has 0 aliphatic heterocycles. The van der Waals surface area contributed by atoms with E-state index in [0.717, 1.165) is 35.7 Å². The van der Waals surface area contributed by atoms with Gasteiger partial charge in [-0.25, -0.2) is 4.98 Å². The lowest BCUT2D eigenvalue weighted by Crippen LogP contribution is -2.31. The number of nitrogens with two attached hydrogens (primary N) is 1. The van der Waals surface area contributed by atoms with Crippen LogP contribution in [0.2, 0.25) is 0 Å². The van der Waals surface area contributed by atoms with E-state index in [1.165, 1.54) is 5.56 Å². The number of hydrogen-bond donors (Lipinski definition) is 1. The van der Waals surface area contributed by atoms with Gasteiger partial charge in [0.2, 0.25) is 5.95 Å². The summed E-state index contributed by atoms with van der Waals surface area (Å²) in [5, 5.41) is 0. The zero-order chi connectivity index (χ0) is 20.8. The van der Waals surface area contributed by atoms with Gasteiger partial charge in [0, 0.05) is 24.4 Å². The summed E-state index contributed by atoms with van der Waals surface area (Å²) in [4.78, 5) is 11.3. The van der Waals surface area contributed by atoms with E-state index < -0.39 is 0 Å². The van der Waals surface area contributed by atoms with Gasteiger partial charge in [0.05, 0.1) is 20.3 Å². The normalized spacial score (nSPS) is 11.7. The highest BCUT2D eigenvalue weighted by atomic mass is 16.5. The molecular formula is C23H28N4O2. The van der Waals surface area contributed by atoms with Crippen LogP contribution in [-0.2, 0) is 6.42 Å². The third-order valence-electron chi connectivity index (χ3n) is 4.92. The van der Waals surface area contributed by atoms with Gasteiger partial charge in [-0.1, -0.05) is 30.3 Å². The molecule has 0 saturated carbocycles. The second-order valence-electron chi connectivity index (χ2n) is 6.99. The van der Waals surface area contributed by atoms with Crippen molar-refractivity contribution in [2.75, 3.05) is 31.4 Å². The summed E-state index contributed by atoms with van der Waals surface area (Å²) >= 11 is 0. The largest absolute Gasteiger partial charge is 0.497 e. The average Bonchev–Trinajstić information content (AvgIpc) is 2.73. The molecule has 0 fully saturated rings. The third-order valence-corrected chi connectivity index (χ3v) is 4.92. The number of ether oxygens (including phenoxy) is 2. The minimum Gasteiger partial charge on any atom is -0.497 e. The Kier molecular flexibility index (Phi) is 6.54. The zero-order valence-electron chi connectivity index (χ0n) is 17.4. The molecule has 0 aliphatic rings. The molecule has 6 heteroatoms. The Morgan fingerprint density at radius 3 is 2.21 bits per heavy atom. The number of hydrogen-bond acceptors (Lipinski definition) is 6. The molecular weight excluding hydrogens is 364 g/mol. The first-order valence-corrected chi connectivity index (χ1v) is 9.65. The van der Waals surface area contributed by atoms with Crippen LogP contribution in [0.5, 0.6) is 11.5 Å². The molecule has 0 unspecified atom stereocenters. The number of benzene rings is 2. The van der Waals surface area contributed by atoms with E-state index >= 15 is 0 Å². The van der Waals surface area contributed by atoms with E-state index in [-0.39, 0.29) is 6.04 Å². The summed E-state index contributed by atoms with van der Waals surface area (Å²) in [6.45, 7) is 4.80. The van der Waals surface area contributed by atoms with Crippen molar-refractivity contribution < 1.29 is 9.47 Å². The second-order valence-corrected chi connectivity index (χ2v) is 6.99. The quantitative estimate of drug-likeness (QED) is 0.619. The van der Waals surface area contributed by atoms with Crippen molar-refractivity contribution in [3.05, 3.63) is 71.4 Å². The molecule has 0 amide bonds. The smallest absolute Gasteiger partial charge is 0.228 e. The maximum atomic E-state index is 6.01. The lowest BCUT2D eigenvalue weighted by atomic mass is 10.1. The van der Waals surface area contributed by atoms with Gasteiger partial charge in [-0.3, -0.25) is 0 Å². The Bertz CT molecular complexity index is 904. The number of aryl methyl sites for hydroxylation is 1. The van der Waals surface area contributed by atoms with Gasteiger partial charge in [0.15, 0.2) is 0 Å². The van der Waals surface area contributed by atoms with Crippen LogP contribution in [0, 0.1) is 6.92 Å². The summed E-state index contributed by atoms with van der Waals surface area (Å²) in [5.74, 6) is 2.66. The SMILES string of the molecule is COc1cc(CCN(c2nc(C)cc(N)n2)[C@@H](C)c2ccccc2)cc(OC)c1. The maximum Gasteiger partial charge on any atom is 0.228 e. The molecule has 29 heavy (non-hydrogen) atoms. The van der Waals surface area contributed by atoms with E-state index in [2.05, 4.69) is 33.9 Å². The summed E-state index contributed by atoms with van der Waals surface area (Å²) in [7, 11) is 3.32. The van der Waals surface area contributed by atoms with E-state index in [9.17, 15) is 0 Å². The molecule has 0 spiro atoms. The van der Waals surface area contributed by atoms with Crippen molar-refractivity contribution in [2.24, 2.45) is 0 Å². The summed E-state index contributed by atoms with van der Waals surface area (Å²) < 4.78 is 10.8. The molecule has 1 atom stereocenters. The molecule has 0 saturated heterocycles. The fourth-order valence-corrected chi connectivity index (χ4v) is 3.34. The predicted molar refractivity (Wildman–Crippen MR) is 117 cm³/mol. The van der Waals surface area contributed by atoms with Crippen molar-refractivity contribution in [3.8, 4) is 11.5 Å². The van der Waals surface area contributed by atoms with Crippen molar-refractivity contribution in [1.29, 1.82) is 0 Å². The first kappa shape index (κ1) is 20.5. The fourth-order valence-electron chi connectivity index (χ4n) is 3.34. The number of nitrogens with zero attached hydrogens (tertiary/aromatic N) is 3. The summed E-state index contributed by atoms with van der Waals surface area (Å²) in [6.07, 6.45) is 0.780. The number of nitrogen functional groups attached to an aromatic ring is 1. The van der Waals surface area contributed by atoms with Gasteiger partial charge in [0.25, 0.3) is 0 Å². The van der Waals surface area contributed by atoms with Crippen LogP contribution < -0.4 is 20.1 Å². The first-order valence-electron chi connectivity index (χ1n) is 9.65. The van der Waals surface area contributed by atoms with Crippen LogP contribution in [0.1, 0.15) is 29.8 Å². The average molecular weight is 393 g/mol. The summed E-state index contributed by atoms with van der Waals surface area (Å²) in [6, 6.07) is 18.1. The molecule has 3 rings (SSSR count). The molecule has 0 aliphatic carbocycles. The van der Waals surface area contributed by atoms with Crippen LogP contribution in [0.4, 0.5) is 11.8 Å². The monoisotopic (exact) mass is 392 g/mol. The number of rotatable bonds is 8. The zero-order valence-corrected chi connectivity index (χ0v) is 17.4. The van der Waals surface area contributed by atoms with Gasteiger partial charge < -0.3 is 20.1 Å². The van der Waals surface area contributed by atoms with Crippen molar-refractivity contribution >= 4 is 11.8 Å². The highest BCUT2D eigenvalue weighted by molar-refractivity contribution is 5.44. The molecule has 0 bridgehead atoms. The van der Waals surface area contributed by atoms with Gasteiger partial charge in [-0.15, -0.1) is 0 Å². The molecule has 2 N–H and O–H groups in total. The van der Waals surface area contributed by atoms with Crippen LogP contribution >= 0.6 is 0 Å². The molecule has 1 aromatic heterocycles. The van der Waals surface area contributed by atoms with Crippen molar-refractivity contribution in [2.45, 2.75) is 26.3 Å². The van der Waals surface area contributed by atoms with Gasteiger partial charge >= 0.3 is 0 Å². The van der Waals surface area contributed by atoms with Crippen molar-refractivity contribution in [3.63, 3.8) is 0 Å². The minimum atomic E-state index is 0.0879. The van der Waals surface area contributed by atoms with E-state index in [4.69, 9.17) is 15.2 Å². The first-order chi connectivity index (χ1) is 14.0. The van der Waals surface area contributed by atoms with Gasteiger partial charge in [-0.2, -0.15) is 4.98 Å². The van der Waals surface area contributed by atoms with Crippen LogP contribution in [0.15, 0.2) is 54.6 Å². The fraction of sp³-hybridized carbons (Fsp3) is 0.304. The predicted octanol–water partition coefficient (Wildman–Crippen LogP) is 4.19. The maximum absolute atomic E-state index is 6.01. The minimum absolute atomic E-state index is 0.0879. The standard InChI is InChI=1S/C23H28N4O2/c1-16-12-22(24)26-23(25-16)27(17(2)19-8-6-5-7-9-19)11-10-18-13-20(28-3)15-21(14-18)29-4/h5-9,12-15,17H,10-11H2,1-4H3,(H2,24,25,26)/t17-/m0/s1. The van der Waals surface area contributed by atoms with Gasteiger partial charge in [0.1, 0.15) is 17.3 Å². The van der Waals surface area contributed by atoms with Crippen LogP contribution in [0.25, 0.3) is 0 Å². The van der Waals surface area contributed by atoms with Gasteiger partial charge in [-0.05, 0) is 43.5 Å². The Morgan fingerprint density at radius 1 is 0.966 bits per heavy atom. The van der Waals surface area contributed by atoms with Crippen LogP contribution in [0.3, 0.4) is 0 Å². The lowest BCUT2D eigenvalue weighted by Gasteiger charge is -2.30. The molecule has 6 nitrogen and oxygen atoms in total. The molecule has 152 valence electrons. The molecule has 0 radical (unpaired) electrons.